The van der Waals surface area contributed by atoms with Crippen molar-refractivity contribution in [2.45, 2.75) is 11.8 Å². The van der Waals surface area contributed by atoms with Crippen molar-refractivity contribution in [1.29, 1.82) is 0 Å². The molecule has 0 amide bonds. The fourth-order valence-electron chi connectivity index (χ4n) is 1.99. The molecule has 0 saturated heterocycles. The van der Waals surface area contributed by atoms with E-state index in [0.717, 1.165) is 0 Å². The van der Waals surface area contributed by atoms with E-state index in [2.05, 4.69) is 20.6 Å². The Morgan fingerprint density at radius 3 is 2.70 bits per heavy atom. The molecule has 0 aliphatic carbocycles. The first-order valence-corrected chi connectivity index (χ1v) is 8.26. The molecule has 0 aliphatic rings. The van der Waals surface area contributed by atoms with Crippen LogP contribution in [-0.4, -0.2) is 34.8 Å². The first kappa shape index (κ1) is 15.2. The summed E-state index contributed by atoms with van der Waals surface area (Å²) in [6.07, 6.45) is 1.51. The Morgan fingerprint density at radius 1 is 1.30 bits per heavy atom. The van der Waals surface area contributed by atoms with Gasteiger partial charge in [-0.1, -0.05) is 5.21 Å². The van der Waals surface area contributed by atoms with Crippen LogP contribution in [0.2, 0.25) is 0 Å². The molecule has 3 aromatic rings. The lowest BCUT2D eigenvalue weighted by molar-refractivity contribution is 0.327. The molecule has 0 fully saturated rings. The van der Waals surface area contributed by atoms with Crippen LogP contribution >= 0.6 is 0 Å². The van der Waals surface area contributed by atoms with E-state index in [1.165, 1.54) is 22.8 Å². The molecular weight excluding hydrogens is 320 g/mol. The maximum atomic E-state index is 11.3. The minimum atomic E-state index is -3.72. The molecule has 1 aromatic carbocycles. The van der Waals surface area contributed by atoms with Crippen LogP contribution in [0, 0.1) is 0 Å². The van der Waals surface area contributed by atoms with Gasteiger partial charge in [0.15, 0.2) is 5.65 Å². The van der Waals surface area contributed by atoms with Gasteiger partial charge in [-0.2, -0.15) is 9.50 Å². The lowest BCUT2D eigenvalue weighted by Crippen LogP contribution is -2.11. The molecule has 0 saturated carbocycles. The molecule has 2 heterocycles. The van der Waals surface area contributed by atoms with Crippen LogP contribution in [0.15, 0.2) is 41.4 Å². The Kier molecular flexibility index (Phi) is 3.84. The monoisotopic (exact) mass is 334 g/mol. The van der Waals surface area contributed by atoms with Gasteiger partial charge >= 0.3 is 0 Å². The number of nitrogens with two attached hydrogens (primary N) is 1. The molecule has 0 radical (unpaired) electrons. The minimum Gasteiger partial charge on any atom is -0.478 e. The Balaban J connectivity index is 1.96. The predicted octanol–water partition coefficient (Wildman–Crippen LogP) is 0.914. The Hall–Kier alpha value is -2.72. The number of aromatic nitrogens is 4. The zero-order valence-corrected chi connectivity index (χ0v) is 13.0. The number of rotatable bonds is 5. The Bertz CT molecular complexity index is 936. The molecule has 3 N–H and O–H groups in total. The summed E-state index contributed by atoms with van der Waals surface area (Å²) in [6.45, 7) is 2.34. The zero-order chi connectivity index (χ0) is 16.4. The van der Waals surface area contributed by atoms with E-state index >= 15 is 0 Å². The molecule has 23 heavy (non-hydrogen) atoms. The molecule has 2 aromatic heterocycles. The minimum absolute atomic E-state index is 0.0405. The molecule has 9 nitrogen and oxygen atoms in total. The summed E-state index contributed by atoms with van der Waals surface area (Å²) in [5.74, 6) is 1.02. The number of sulfonamides is 1. The quantitative estimate of drug-likeness (QED) is 0.710. The molecular formula is C13H14N6O3S. The number of hydrogen-bond donors (Lipinski definition) is 2. The van der Waals surface area contributed by atoms with Crippen LogP contribution < -0.4 is 15.2 Å². The van der Waals surface area contributed by atoms with Gasteiger partial charge in [0.2, 0.25) is 15.9 Å². The van der Waals surface area contributed by atoms with E-state index in [0.29, 0.717) is 29.6 Å². The second-order valence-corrected chi connectivity index (χ2v) is 6.17. The Morgan fingerprint density at radius 2 is 2.04 bits per heavy atom. The maximum Gasteiger partial charge on any atom is 0.238 e. The summed E-state index contributed by atoms with van der Waals surface area (Å²) >= 11 is 0. The van der Waals surface area contributed by atoms with Gasteiger partial charge in [0.05, 0.1) is 17.7 Å². The molecule has 120 valence electrons. The number of benzene rings is 1. The van der Waals surface area contributed by atoms with Crippen molar-refractivity contribution in [3.8, 4) is 5.88 Å². The van der Waals surface area contributed by atoms with Crippen LogP contribution in [0.4, 0.5) is 11.5 Å². The van der Waals surface area contributed by atoms with E-state index in [1.54, 1.807) is 18.2 Å². The van der Waals surface area contributed by atoms with Crippen molar-refractivity contribution < 1.29 is 13.2 Å². The summed E-state index contributed by atoms with van der Waals surface area (Å²) < 4.78 is 29.5. The van der Waals surface area contributed by atoms with Crippen LogP contribution in [0.1, 0.15) is 6.92 Å². The number of nitrogens with zero attached hydrogens (tertiary/aromatic N) is 4. The number of anilines is 2. The summed E-state index contributed by atoms with van der Waals surface area (Å²) in [5, 5.41) is 15.9. The van der Waals surface area contributed by atoms with Gasteiger partial charge in [0.1, 0.15) is 5.82 Å². The van der Waals surface area contributed by atoms with Gasteiger partial charge < -0.3 is 10.1 Å². The lowest BCUT2D eigenvalue weighted by atomic mass is 10.3. The second kappa shape index (κ2) is 5.82. The van der Waals surface area contributed by atoms with Crippen molar-refractivity contribution in [2.24, 2.45) is 5.14 Å². The van der Waals surface area contributed by atoms with Gasteiger partial charge in [0, 0.05) is 11.8 Å². The highest BCUT2D eigenvalue weighted by atomic mass is 32.2. The highest BCUT2D eigenvalue weighted by Crippen LogP contribution is 2.22. The van der Waals surface area contributed by atoms with E-state index in [-0.39, 0.29) is 4.90 Å². The van der Waals surface area contributed by atoms with Gasteiger partial charge in [-0.3, -0.25) is 0 Å². The van der Waals surface area contributed by atoms with Crippen molar-refractivity contribution in [3.63, 3.8) is 0 Å². The van der Waals surface area contributed by atoms with E-state index in [9.17, 15) is 8.42 Å². The van der Waals surface area contributed by atoms with Crippen molar-refractivity contribution in [1.82, 2.24) is 19.8 Å². The average molecular weight is 334 g/mol. The zero-order valence-electron chi connectivity index (χ0n) is 12.2. The second-order valence-electron chi connectivity index (χ2n) is 4.61. The fraction of sp³-hybridized carbons (Fsp3) is 0.154. The van der Waals surface area contributed by atoms with Gasteiger partial charge in [-0.15, -0.1) is 5.10 Å². The normalized spacial score (nSPS) is 11.6. The van der Waals surface area contributed by atoms with Gasteiger partial charge in [0.25, 0.3) is 0 Å². The van der Waals surface area contributed by atoms with Crippen LogP contribution in [0.3, 0.4) is 0 Å². The highest BCUT2D eigenvalue weighted by Gasteiger charge is 2.10. The van der Waals surface area contributed by atoms with Gasteiger partial charge in [-0.05, 0) is 31.2 Å². The van der Waals surface area contributed by atoms with E-state index in [1.807, 2.05) is 6.92 Å². The third-order valence-corrected chi connectivity index (χ3v) is 3.92. The Labute approximate surface area is 132 Å². The fourth-order valence-corrected chi connectivity index (χ4v) is 2.50. The SMILES string of the molecule is CCOc1cc(Nc2ccc(S(N)(=O)=O)cc2)n2nncc2n1. The third kappa shape index (κ3) is 3.22. The highest BCUT2D eigenvalue weighted by molar-refractivity contribution is 7.89. The topological polar surface area (TPSA) is 124 Å². The lowest BCUT2D eigenvalue weighted by Gasteiger charge is -2.10. The van der Waals surface area contributed by atoms with Crippen molar-refractivity contribution >= 4 is 27.2 Å². The summed E-state index contributed by atoms with van der Waals surface area (Å²) in [5.41, 5.74) is 1.18. The molecule has 0 bridgehead atoms. The van der Waals surface area contributed by atoms with E-state index < -0.39 is 10.0 Å². The smallest absolute Gasteiger partial charge is 0.238 e. The number of hydrogen-bond acceptors (Lipinski definition) is 7. The average Bonchev–Trinajstić information content (AvgIpc) is 2.96. The summed E-state index contributed by atoms with van der Waals surface area (Å²) in [6, 6.07) is 7.72. The van der Waals surface area contributed by atoms with E-state index in [4.69, 9.17) is 9.88 Å². The first-order chi connectivity index (χ1) is 11.0. The van der Waals surface area contributed by atoms with Crippen molar-refractivity contribution in [3.05, 3.63) is 36.5 Å². The number of fused-ring (bicyclic) bond motifs is 1. The number of ether oxygens (including phenoxy) is 1. The first-order valence-electron chi connectivity index (χ1n) is 6.71. The number of primary sulfonamides is 1. The largest absolute Gasteiger partial charge is 0.478 e. The standard InChI is InChI=1S/C13H14N6O3S/c1-2-22-13-7-11(19-12(17-13)8-15-18-19)16-9-3-5-10(6-4-9)23(14,20)21/h3-8,16H,2H2,1H3,(H2,14,20,21). The molecule has 3 rings (SSSR count). The molecule has 0 spiro atoms. The third-order valence-electron chi connectivity index (χ3n) is 2.99. The molecule has 0 unspecified atom stereocenters. The molecule has 10 heteroatoms. The molecule has 0 aliphatic heterocycles. The number of nitrogens with one attached hydrogen (secondary N) is 1. The van der Waals surface area contributed by atoms with Crippen LogP contribution in [0.25, 0.3) is 5.65 Å². The van der Waals surface area contributed by atoms with Crippen LogP contribution in [-0.2, 0) is 10.0 Å². The van der Waals surface area contributed by atoms with Crippen LogP contribution in [0.5, 0.6) is 5.88 Å². The molecule has 0 atom stereocenters. The van der Waals surface area contributed by atoms with Crippen molar-refractivity contribution in [2.75, 3.05) is 11.9 Å². The summed E-state index contributed by atoms with van der Waals surface area (Å²) in [4.78, 5) is 4.29. The summed E-state index contributed by atoms with van der Waals surface area (Å²) in [7, 11) is -3.72. The maximum absolute atomic E-state index is 11.3. The predicted molar refractivity (Wildman–Crippen MR) is 83.0 cm³/mol. The van der Waals surface area contributed by atoms with Gasteiger partial charge in [-0.25, -0.2) is 13.6 Å².